The molecular formula is C17H14F3N3O4. The molecule has 0 aliphatic rings. The second-order valence-corrected chi connectivity index (χ2v) is 5.68. The molecule has 142 valence electrons. The molecule has 0 spiro atoms. The van der Waals surface area contributed by atoms with Crippen LogP contribution in [0.5, 0.6) is 0 Å². The maximum Gasteiger partial charge on any atom is 0.305 e. The topological polar surface area (TPSA) is 115 Å². The predicted octanol–water partition coefficient (Wildman–Crippen LogP) is 1.77. The van der Waals surface area contributed by atoms with Crippen LogP contribution in [0, 0.1) is 27.6 Å². The second kappa shape index (κ2) is 8.30. The highest BCUT2D eigenvalue weighted by atomic mass is 19.1. The fourth-order valence-electron chi connectivity index (χ4n) is 2.37. The number of nitro groups is 1. The summed E-state index contributed by atoms with van der Waals surface area (Å²) in [4.78, 5) is 33.5. The number of hydrogen-bond donors (Lipinski definition) is 2. The lowest BCUT2D eigenvalue weighted by molar-refractivity contribution is -0.387. The van der Waals surface area contributed by atoms with Crippen molar-refractivity contribution >= 4 is 17.5 Å². The van der Waals surface area contributed by atoms with Crippen LogP contribution in [0.1, 0.15) is 11.1 Å². The molecule has 2 aromatic rings. The molecule has 2 aromatic carbocycles. The molecule has 2 rings (SSSR count). The van der Waals surface area contributed by atoms with Crippen molar-refractivity contribution in [1.29, 1.82) is 0 Å². The molecule has 2 amide bonds. The number of carbonyl (C=O) groups is 2. The number of carbonyl (C=O) groups excluding carboxylic acids is 2. The van der Waals surface area contributed by atoms with Gasteiger partial charge >= 0.3 is 5.69 Å². The molecule has 0 aliphatic heterocycles. The summed E-state index contributed by atoms with van der Waals surface area (Å²) in [6.07, 6.45) is -0.701. The van der Waals surface area contributed by atoms with Gasteiger partial charge in [-0.3, -0.25) is 19.7 Å². The third-order valence-electron chi connectivity index (χ3n) is 3.69. The number of nitro benzene ring substituents is 1. The van der Waals surface area contributed by atoms with Gasteiger partial charge in [-0.15, -0.1) is 0 Å². The Labute approximate surface area is 151 Å². The molecule has 0 bridgehead atoms. The molecule has 0 aromatic heterocycles. The van der Waals surface area contributed by atoms with Gasteiger partial charge in [0, 0.05) is 18.6 Å². The zero-order chi connectivity index (χ0) is 20.1. The highest BCUT2D eigenvalue weighted by Gasteiger charge is 2.22. The SMILES string of the molecule is NC(=O)[C@H](Cc1ccc(F)c([N+](=O)[O-])c1)NC(=O)Cc1ccc(F)cc1F. The summed E-state index contributed by atoms with van der Waals surface area (Å²) in [5.74, 6) is -4.47. The van der Waals surface area contributed by atoms with Crippen molar-refractivity contribution < 1.29 is 27.7 Å². The minimum absolute atomic E-state index is 0.0884. The summed E-state index contributed by atoms with van der Waals surface area (Å²) < 4.78 is 39.9. The molecule has 0 saturated heterocycles. The lowest BCUT2D eigenvalue weighted by Gasteiger charge is -2.16. The number of halogens is 3. The first-order valence-corrected chi connectivity index (χ1v) is 7.62. The van der Waals surface area contributed by atoms with E-state index in [1.165, 1.54) is 6.07 Å². The van der Waals surface area contributed by atoms with Gasteiger partial charge < -0.3 is 11.1 Å². The fraction of sp³-hybridized carbons (Fsp3) is 0.176. The first kappa shape index (κ1) is 19.9. The van der Waals surface area contributed by atoms with Crippen molar-refractivity contribution in [3.05, 3.63) is 75.1 Å². The van der Waals surface area contributed by atoms with Crippen molar-refractivity contribution in [2.75, 3.05) is 0 Å². The van der Waals surface area contributed by atoms with Gasteiger partial charge in [-0.25, -0.2) is 8.78 Å². The van der Waals surface area contributed by atoms with E-state index in [4.69, 9.17) is 5.73 Å². The Morgan fingerprint density at radius 2 is 1.81 bits per heavy atom. The van der Waals surface area contributed by atoms with Gasteiger partial charge in [0.1, 0.15) is 17.7 Å². The quantitative estimate of drug-likeness (QED) is 0.562. The standard InChI is InChI=1S/C17H14F3N3O4/c18-11-3-2-10(13(20)8-11)7-16(24)22-14(17(21)25)5-9-1-4-12(19)15(6-9)23(26)27/h1-4,6,8,14H,5,7H2,(H2,21,25)(H,22,24)/t14-/m0/s1. The monoisotopic (exact) mass is 381 g/mol. The van der Waals surface area contributed by atoms with E-state index in [1.54, 1.807) is 0 Å². The average molecular weight is 381 g/mol. The summed E-state index contributed by atoms with van der Waals surface area (Å²) in [5.41, 5.74) is 4.54. The van der Waals surface area contributed by atoms with Gasteiger partial charge in [0.15, 0.2) is 0 Å². The molecule has 0 aliphatic carbocycles. The highest BCUT2D eigenvalue weighted by molar-refractivity contribution is 5.87. The molecule has 0 unspecified atom stereocenters. The van der Waals surface area contributed by atoms with E-state index in [0.717, 1.165) is 24.3 Å². The fourth-order valence-corrected chi connectivity index (χ4v) is 2.37. The van der Waals surface area contributed by atoms with E-state index in [0.29, 0.717) is 6.07 Å². The Bertz CT molecular complexity index is 905. The molecule has 3 N–H and O–H groups in total. The number of nitrogens with two attached hydrogens (primary N) is 1. The van der Waals surface area contributed by atoms with Gasteiger partial charge in [0.25, 0.3) is 0 Å². The number of nitrogens with zero attached hydrogens (tertiary/aromatic N) is 1. The molecule has 27 heavy (non-hydrogen) atoms. The molecule has 0 fully saturated rings. The minimum Gasteiger partial charge on any atom is -0.368 e. The van der Waals surface area contributed by atoms with E-state index in [9.17, 15) is 32.9 Å². The summed E-state index contributed by atoms with van der Waals surface area (Å²) in [5, 5.41) is 13.1. The van der Waals surface area contributed by atoms with Gasteiger partial charge in [-0.2, -0.15) is 4.39 Å². The Morgan fingerprint density at radius 1 is 1.11 bits per heavy atom. The third kappa shape index (κ3) is 5.27. The van der Waals surface area contributed by atoms with Crippen LogP contribution in [0.2, 0.25) is 0 Å². The lowest BCUT2D eigenvalue weighted by atomic mass is 10.0. The minimum atomic E-state index is -1.26. The lowest BCUT2D eigenvalue weighted by Crippen LogP contribution is -2.46. The van der Waals surface area contributed by atoms with Crippen LogP contribution in [0.3, 0.4) is 0 Å². The zero-order valence-electron chi connectivity index (χ0n) is 13.7. The Kier molecular flexibility index (Phi) is 6.11. The normalized spacial score (nSPS) is 11.7. The van der Waals surface area contributed by atoms with E-state index in [2.05, 4.69) is 5.32 Å². The first-order chi connectivity index (χ1) is 12.7. The average Bonchev–Trinajstić information content (AvgIpc) is 2.58. The van der Waals surface area contributed by atoms with Crippen LogP contribution in [0.25, 0.3) is 0 Å². The highest BCUT2D eigenvalue weighted by Crippen LogP contribution is 2.19. The number of amides is 2. The molecule has 7 nitrogen and oxygen atoms in total. The summed E-state index contributed by atoms with van der Waals surface area (Å²) >= 11 is 0. The summed E-state index contributed by atoms with van der Waals surface area (Å²) in [6, 6.07) is 4.43. The van der Waals surface area contributed by atoms with Crippen molar-refractivity contribution in [2.45, 2.75) is 18.9 Å². The predicted molar refractivity (Wildman–Crippen MR) is 87.9 cm³/mol. The van der Waals surface area contributed by atoms with Crippen LogP contribution >= 0.6 is 0 Å². The third-order valence-corrected chi connectivity index (χ3v) is 3.69. The number of rotatable bonds is 7. The second-order valence-electron chi connectivity index (χ2n) is 5.68. The molecule has 0 saturated carbocycles. The number of benzene rings is 2. The molecule has 0 radical (unpaired) electrons. The molecular weight excluding hydrogens is 367 g/mol. The van der Waals surface area contributed by atoms with Crippen LogP contribution in [0.15, 0.2) is 36.4 Å². The molecule has 0 heterocycles. The molecule has 1 atom stereocenters. The van der Waals surface area contributed by atoms with Crippen molar-refractivity contribution in [2.24, 2.45) is 5.73 Å². The smallest absolute Gasteiger partial charge is 0.305 e. The Morgan fingerprint density at radius 3 is 2.41 bits per heavy atom. The first-order valence-electron chi connectivity index (χ1n) is 7.62. The van der Waals surface area contributed by atoms with Crippen molar-refractivity contribution in [3.8, 4) is 0 Å². The largest absolute Gasteiger partial charge is 0.368 e. The van der Waals surface area contributed by atoms with Gasteiger partial charge in [0.2, 0.25) is 17.6 Å². The van der Waals surface area contributed by atoms with Gasteiger partial charge in [-0.05, 0) is 23.3 Å². The number of nitrogens with one attached hydrogen (secondary N) is 1. The number of hydrogen-bond acceptors (Lipinski definition) is 4. The van der Waals surface area contributed by atoms with Crippen molar-refractivity contribution in [1.82, 2.24) is 5.32 Å². The van der Waals surface area contributed by atoms with Gasteiger partial charge in [0.05, 0.1) is 11.3 Å². The van der Waals surface area contributed by atoms with Crippen LogP contribution in [0.4, 0.5) is 18.9 Å². The van der Waals surface area contributed by atoms with Crippen LogP contribution in [-0.2, 0) is 22.4 Å². The van der Waals surface area contributed by atoms with Crippen molar-refractivity contribution in [3.63, 3.8) is 0 Å². The van der Waals surface area contributed by atoms with E-state index in [-0.39, 0.29) is 17.5 Å². The molecule has 10 heteroatoms. The van der Waals surface area contributed by atoms with Crippen LogP contribution in [-0.4, -0.2) is 22.8 Å². The Hall–Kier alpha value is -3.43. The van der Waals surface area contributed by atoms with E-state index >= 15 is 0 Å². The van der Waals surface area contributed by atoms with Crippen LogP contribution < -0.4 is 11.1 Å². The maximum absolute atomic E-state index is 13.6. The van der Waals surface area contributed by atoms with Gasteiger partial charge in [-0.1, -0.05) is 12.1 Å². The van der Waals surface area contributed by atoms with E-state index < -0.39 is 52.3 Å². The Balaban J connectivity index is 2.11. The zero-order valence-corrected chi connectivity index (χ0v) is 13.7. The number of primary amides is 1. The van der Waals surface area contributed by atoms with E-state index in [1.807, 2.05) is 0 Å². The summed E-state index contributed by atoms with van der Waals surface area (Å²) in [6.45, 7) is 0. The maximum atomic E-state index is 13.6. The summed E-state index contributed by atoms with van der Waals surface area (Å²) in [7, 11) is 0.